The van der Waals surface area contributed by atoms with Crippen molar-refractivity contribution >= 4 is 17.7 Å². The molecule has 0 aliphatic rings. The minimum atomic E-state index is -1.25. The first-order valence-corrected chi connectivity index (χ1v) is 5.57. The van der Waals surface area contributed by atoms with Crippen molar-refractivity contribution in [3.8, 4) is 0 Å². The summed E-state index contributed by atoms with van der Waals surface area (Å²) in [5.74, 6) is -2.92. The fourth-order valence-corrected chi connectivity index (χ4v) is 1.66. The number of aromatic nitrogens is 1. The first-order chi connectivity index (χ1) is 9.50. The zero-order valence-corrected chi connectivity index (χ0v) is 10.1. The minimum Gasteiger partial charge on any atom is -0.478 e. The van der Waals surface area contributed by atoms with Crippen molar-refractivity contribution in [3.05, 3.63) is 65.0 Å². The molecule has 0 amide bonds. The molecular weight excluding hydrogens is 262 g/mol. The summed E-state index contributed by atoms with van der Waals surface area (Å²) in [6.07, 6.45) is 1.32. The maximum Gasteiger partial charge on any atom is 0.338 e. The first kappa shape index (κ1) is 13.4. The summed E-state index contributed by atoms with van der Waals surface area (Å²) in [6, 6.07) is 7.91. The van der Waals surface area contributed by atoms with Crippen molar-refractivity contribution in [2.24, 2.45) is 0 Å². The highest BCUT2D eigenvalue weighted by atomic mass is 16.4. The van der Waals surface area contributed by atoms with Gasteiger partial charge in [-0.1, -0.05) is 12.1 Å². The van der Waals surface area contributed by atoms with E-state index in [1.807, 2.05) is 0 Å². The fraction of sp³-hybridized carbons (Fsp3) is 0. The highest BCUT2D eigenvalue weighted by Crippen LogP contribution is 2.13. The van der Waals surface area contributed by atoms with E-state index in [-0.39, 0.29) is 22.4 Å². The van der Waals surface area contributed by atoms with Crippen LogP contribution in [0.4, 0.5) is 0 Å². The average molecular weight is 271 g/mol. The Labute approximate surface area is 113 Å². The molecule has 0 fully saturated rings. The number of benzene rings is 1. The van der Waals surface area contributed by atoms with E-state index in [4.69, 9.17) is 10.2 Å². The van der Waals surface area contributed by atoms with Crippen LogP contribution >= 0.6 is 0 Å². The second kappa shape index (κ2) is 5.31. The molecule has 0 aliphatic heterocycles. The third kappa shape index (κ3) is 2.54. The summed E-state index contributed by atoms with van der Waals surface area (Å²) >= 11 is 0. The summed E-state index contributed by atoms with van der Waals surface area (Å²) in [4.78, 5) is 37.7. The summed E-state index contributed by atoms with van der Waals surface area (Å²) < 4.78 is 0. The van der Waals surface area contributed by atoms with Crippen molar-refractivity contribution in [1.82, 2.24) is 4.98 Å². The van der Waals surface area contributed by atoms with Gasteiger partial charge in [-0.2, -0.15) is 0 Å². The van der Waals surface area contributed by atoms with E-state index in [2.05, 4.69) is 4.98 Å². The lowest BCUT2D eigenvalue weighted by Gasteiger charge is -2.04. The molecular formula is C14H9NO5. The molecule has 0 bridgehead atoms. The Morgan fingerprint density at radius 3 is 2.00 bits per heavy atom. The molecule has 1 heterocycles. The number of nitrogens with zero attached hydrogens (tertiary/aromatic N) is 1. The van der Waals surface area contributed by atoms with E-state index < -0.39 is 17.7 Å². The van der Waals surface area contributed by atoms with Crippen LogP contribution in [0.3, 0.4) is 0 Å². The highest BCUT2D eigenvalue weighted by Gasteiger charge is 2.19. The summed E-state index contributed by atoms with van der Waals surface area (Å²) in [7, 11) is 0. The summed E-state index contributed by atoms with van der Waals surface area (Å²) in [5.41, 5.74) is -0.153. The van der Waals surface area contributed by atoms with Gasteiger partial charge in [-0.15, -0.1) is 0 Å². The number of ketones is 1. The number of hydrogen-bond donors (Lipinski definition) is 2. The maximum atomic E-state index is 12.2. The van der Waals surface area contributed by atoms with Crippen LogP contribution in [0.5, 0.6) is 0 Å². The molecule has 0 saturated carbocycles. The van der Waals surface area contributed by atoms with E-state index in [1.165, 1.54) is 42.6 Å². The molecule has 0 unspecified atom stereocenters. The molecule has 0 atom stereocenters. The molecule has 6 heteroatoms. The molecule has 2 rings (SSSR count). The number of carboxylic acid groups (broad SMARTS) is 2. The lowest BCUT2D eigenvalue weighted by Crippen LogP contribution is -2.12. The van der Waals surface area contributed by atoms with Crippen LogP contribution < -0.4 is 0 Å². The molecule has 100 valence electrons. The van der Waals surface area contributed by atoms with Gasteiger partial charge in [0.2, 0.25) is 5.78 Å². The standard InChI is InChI=1S/C14H9NO5/c16-12(8-3-5-9(6-4-8)13(17)18)11-10(14(19)20)2-1-7-15-11/h1-7H,(H,17,18)(H,19,20). The average Bonchev–Trinajstić information content (AvgIpc) is 2.46. The number of rotatable bonds is 4. The smallest absolute Gasteiger partial charge is 0.338 e. The molecule has 6 nitrogen and oxygen atoms in total. The van der Waals surface area contributed by atoms with Crippen molar-refractivity contribution < 1.29 is 24.6 Å². The number of pyridine rings is 1. The second-order valence-corrected chi connectivity index (χ2v) is 3.92. The van der Waals surface area contributed by atoms with Gasteiger partial charge in [-0.05, 0) is 24.3 Å². The van der Waals surface area contributed by atoms with Gasteiger partial charge in [0.05, 0.1) is 11.1 Å². The van der Waals surface area contributed by atoms with Gasteiger partial charge in [0.15, 0.2) is 0 Å². The molecule has 1 aromatic heterocycles. The van der Waals surface area contributed by atoms with Crippen molar-refractivity contribution in [3.63, 3.8) is 0 Å². The fourth-order valence-electron chi connectivity index (χ4n) is 1.66. The predicted molar refractivity (Wildman–Crippen MR) is 68.0 cm³/mol. The van der Waals surface area contributed by atoms with E-state index in [1.54, 1.807) is 0 Å². The van der Waals surface area contributed by atoms with Crippen LogP contribution in [0.15, 0.2) is 42.6 Å². The Bertz CT molecular complexity index is 691. The Hall–Kier alpha value is -3.02. The van der Waals surface area contributed by atoms with Crippen molar-refractivity contribution in [2.75, 3.05) is 0 Å². The Morgan fingerprint density at radius 2 is 1.45 bits per heavy atom. The van der Waals surface area contributed by atoms with Gasteiger partial charge in [0, 0.05) is 11.8 Å². The van der Waals surface area contributed by atoms with E-state index in [9.17, 15) is 14.4 Å². The van der Waals surface area contributed by atoms with Crippen LogP contribution in [0, 0.1) is 0 Å². The van der Waals surface area contributed by atoms with Crippen molar-refractivity contribution in [1.29, 1.82) is 0 Å². The van der Waals surface area contributed by atoms with Gasteiger partial charge in [0.1, 0.15) is 5.69 Å². The maximum absolute atomic E-state index is 12.2. The quantitative estimate of drug-likeness (QED) is 0.820. The van der Waals surface area contributed by atoms with Gasteiger partial charge in [-0.25, -0.2) is 9.59 Å². The Morgan fingerprint density at radius 1 is 0.850 bits per heavy atom. The zero-order chi connectivity index (χ0) is 14.7. The molecule has 0 radical (unpaired) electrons. The third-order valence-electron chi connectivity index (χ3n) is 2.65. The monoisotopic (exact) mass is 271 g/mol. The van der Waals surface area contributed by atoms with Gasteiger partial charge >= 0.3 is 11.9 Å². The van der Waals surface area contributed by atoms with Crippen LogP contribution in [0.2, 0.25) is 0 Å². The third-order valence-corrected chi connectivity index (χ3v) is 2.65. The number of carbonyl (C=O) groups excluding carboxylic acids is 1. The molecule has 2 aromatic rings. The van der Waals surface area contributed by atoms with Gasteiger partial charge in [-0.3, -0.25) is 9.78 Å². The van der Waals surface area contributed by atoms with E-state index >= 15 is 0 Å². The van der Waals surface area contributed by atoms with Gasteiger partial charge in [0.25, 0.3) is 0 Å². The Balaban J connectivity index is 2.41. The molecule has 2 N–H and O–H groups in total. The molecule has 1 aromatic carbocycles. The first-order valence-electron chi connectivity index (χ1n) is 5.57. The van der Waals surface area contributed by atoms with E-state index in [0.717, 1.165) is 0 Å². The SMILES string of the molecule is O=C(O)c1ccc(C(=O)c2ncccc2C(=O)O)cc1. The largest absolute Gasteiger partial charge is 0.478 e. The minimum absolute atomic E-state index is 0.0426. The van der Waals surface area contributed by atoms with Crippen LogP contribution in [-0.4, -0.2) is 32.9 Å². The topological polar surface area (TPSA) is 105 Å². The molecule has 0 aliphatic carbocycles. The number of hydrogen-bond acceptors (Lipinski definition) is 4. The summed E-state index contributed by atoms with van der Waals surface area (Å²) in [6.45, 7) is 0. The number of carbonyl (C=O) groups is 3. The lowest BCUT2D eigenvalue weighted by molar-refractivity contribution is 0.0684. The molecule has 20 heavy (non-hydrogen) atoms. The lowest BCUT2D eigenvalue weighted by atomic mass is 10.0. The van der Waals surface area contributed by atoms with E-state index in [0.29, 0.717) is 0 Å². The number of carboxylic acids is 2. The number of aromatic carboxylic acids is 2. The Kier molecular flexibility index (Phi) is 3.56. The van der Waals surface area contributed by atoms with Crippen LogP contribution in [0.25, 0.3) is 0 Å². The zero-order valence-electron chi connectivity index (χ0n) is 10.1. The predicted octanol–water partition coefficient (Wildman–Crippen LogP) is 1.71. The summed E-state index contributed by atoms with van der Waals surface area (Å²) in [5, 5.41) is 17.8. The second-order valence-electron chi connectivity index (χ2n) is 3.92. The van der Waals surface area contributed by atoms with Crippen LogP contribution in [0.1, 0.15) is 36.8 Å². The van der Waals surface area contributed by atoms with Crippen molar-refractivity contribution in [2.45, 2.75) is 0 Å². The molecule has 0 spiro atoms. The molecule has 0 saturated heterocycles. The van der Waals surface area contributed by atoms with Gasteiger partial charge < -0.3 is 10.2 Å². The normalized spacial score (nSPS) is 10.0. The highest BCUT2D eigenvalue weighted by molar-refractivity contribution is 6.13. The van der Waals surface area contributed by atoms with Crippen LogP contribution in [-0.2, 0) is 0 Å².